The van der Waals surface area contributed by atoms with E-state index in [0.717, 1.165) is 16.2 Å². The van der Waals surface area contributed by atoms with Gasteiger partial charge in [-0.3, -0.25) is 0 Å². The predicted molar refractivity (Wildman–Crippen MR) is 60.2 cm³/mol. The number of furan rings is 1. The molecule has 2 heteroatoms. The zero-order valence-corrected chi connectivity index (χ0v) is 8.03. The van der Waals surface area contributed by atoms with Gasteiger partial charge in [0.1, 0.15) is 5.58 Å². The Hall–Kier alpha value is -2.18. The number of rotatable bonds is 0. The number of allylic oxidation sites excluding steroid dienone is 2. The summed E-state index contributed by atoms with van der Waals surface area (Å²) in [5.74, 6) is 0. The molecule has 0 radical (unpaired) electrons. The van der Waals surface area contributed by atoms with Crippen LogP contribution in [0.2, 0.25) is 0 Å². The van der Waals surface area contributed by atoms with E-state index in [2.05, 4.69) is 5.73 Å². The fourth-order valence-electron chi connectivity index (χ4n) is 1.75. The zero-order valence-electron chi connectivity index (χ0n) is 8.03. The molecule has 2 nitrogen and oxygen atoms in total. The Kier molecular flexibility index (Phi) is 1.58. The maximum atomic E-state index is 5.89. The van der Waals surface area contributed by atoms with Crippen LogP contribution in [-0.2, 0) is 0 Å². The summed E-state index contributed by atoms with van der Waals surface area (Å²) in [5, 5.41) is 1.99. The van der Waals surface area contributed by atoms with Crippen LogP contribution >= 0.6 is 0 Å². The Morgan fingerprint density at radius 1 is 1.20 bits per heavy atom. The van der Waals surface area contributed by atoms with E-state index >= 15 is 0 Å². The fraction of sp³-hybridized carbons (Fsp3) is 0. The minimum atomic E-state index is 0.641. The van der Waals surface area contributed by atoms with Crippen LogP contribution in [0.4, 0.5) is 0 Å². The molecule has 2 N–H and O–H groups in total. The van der Waals surface area contributed by atoms with Crippen molar-refractivity contribution in [3.63, 3.8) is 0 Å². The van der Waals surface area contributed by atoms with Gasteiger partial charge >= 0.3 is 0 Å². The fourth-order valence-corrected chi connectivity index (χ4v) is 1.75. The Bertz CT molecular complexity index is 713. The highest BCUT2D eigenvalue weighted by Gasteiger charge is 2.04. The van der Waals surface area contributed by atoms with E-state index in [4.69, 9.17) is 10.2 Å². The van der Waals surface area contributed by atoms with Crippen molar-refractivity contribution < 1.29 is 4.42 Å². The first kappa shape index (κ1) is 8.16. The molecule has 72 valence electrons. The summed E-state index contributed by atoms with van der Waals surface area (Å²) in [6.07, 6.45) is 5.53. The summed E-state index contributed by atoms with van der Waals surface area (Å²) in [7, 11) is 0. The van der Waals surface area contributed by atoms with E-state index < -0.39 is 0 Å². The number of benzene rings is 1. The highest BCUT2D eigenvalue weighted by molar-refractivity contribution is 5.79. The van der Waals surface area contributed by atoms with Crippen LogP contribution in [-0.4, -0.2) is 0 Å². The lowest BCUT2D eigenvalue weighted by Gasteiger charge is -1.85. The number of hydrogen-bond acceptors (Lipinski definition) is 2. The molecule has 0 saturated heterocycles. The first-order chi connectivity index (χ1) is 7.36. The van der Waals surface area contributed by atoms with Gasteiger partial charge in [-0.15, -0.1) is 5.73 Å². The van der Waals surface area contributed by atoms with Crippen molar-refractivity contribution in [3.8, 4) is 0 Å². The molecule has 0 saturated carbocycles. The third-order valence-corrected chi connectivity index (χ3v) is 2.46. The second-order valence-electron chi connectivity index (χ2n) is 3.43. The molecule has 0 unspecified atom stereocenters. The Morgan fingerprint density at radius 3 is 3.00 bits per heavy atom. The largest absolute Gasteiger partial charge is 0.453 e. The first-order valence-corrected chi connectivity index (χ1v) is 4.77. The van der Waals surface area contributed by atoms with E-state index in [-0.39, 0.29) is 0 Å². The minimum absolute atomic E-state index is 0.641. The van der Waals surface area contributed by atoms with Crippen LogP contribution in [0, 0.1) is 0 Å². The van der Waals surface area contributed by atoms with Gasteiger partial charge in [0.05, 0.1) is 10.9 Å². The molecule has 3 rings (SSSR count). The van der Waals surface area contributed by atoms with Crippen molar-refractivity contribution in [2.45, 2.75) is 0 Å². The van der Waals surface area contributed by atoms with Gasteiger partial charge in [0, 0.05) is 5.39 Å². The molecular weight excluding hydrogens is 186 g/mol. The van der Waals surface area contributed by atoms with Crippen LogP contribution in [0.5, 0.6) is 0 Å². The average molecular weight is 195 g/mol. The summed E-state index contributed by atoms with van der Waals surface area (Å²) < 4.78 is 5.69. The molecule has 1 aliphatic carbocycles. The number of hydrogen-bond donors (Lipinski definition) is 1. The predicted octanol–water partition coefficient (Wildman–Crippen LogP) is 1.01. The summed E-state index contributed by atoms with van der Waals surface area (Å²) >= 11 is 0. The molecule has 0 aliphatic heterocycles. The Morgan fingerprint density at radius 2 is 2.07 bits per heavy atom. The number of para-hydroxylation sites is 1. The normalized spacial score (nSPS) is 13.7. The molecular formula is C13H9NO. The van der Waals surface area contributed by atoms with Gasteiger partial charge in [0.2, 0.25) is 0 Å². The number of fused-ring (bicyclic) bond motifs is 3. The summed E-state index contributed by atoms with van der Waals surface area (Å²) in [6.45, 7) is 0. The average Bonchev–Trinajstić information content (AvgIpc) is 2.54. The SMILES string of the molecule is NC1=c2oc3ccccc3c2=C=CC=C1. The van der Waals surface area contributed by atoms with Gasteiger partial charge in [0.15, 0.2) is 5.42 Å². The van der Waals surface area contributed by atoms with E-state index in [1.165, 1.54) is 0 Å². The van der Waals surface area contributed by atoms with Crippen molar-refractivity contribution in [2.24, 2.45) is 5.73 Å². The molecule has 0 fully saturated rings. The monoisotopic (exact) mass is 195 g/mol. The third kappa shape index (κ3) is 1.13. The van der Waals surface area contributed by atoms with Gasteiger partial charge in [-0.2, -0.15) is 0 Å². The maximum absolute atomic E-state index is 5.89. The zero-order chi connectivity index (χ0) is 10.3. The lowest BCUT2D eigenvalue weighted by atomic mass is 10.2. The van der Waals surface area contributed by atoms with Crippen molar-refractivity contribution >= 4 is 22.4 Å². The molecule has 0 amide bonds. The van der Waals surface area contributed by atoms with Gasteiger partial charge < -0.3 is 10.2 Å². The topological polar surface area (TPSA) is 39.2 Å². The standard InChI is InChI=1S/C13H9NO/c14-11-7-3-1-6-10-9-5-2-4-8-12(9)15-13(10)11/h1-5,7-8H,14H2. The molecule has 1 heterocycles. The van der Waals surface area contributed by atoms with Crippen molar-refractivity contribution in [1.29, 1.82) is 0 Å². The minimum Gasteiger partial charge on any atom is -0.453 e. The Balaban J connectivity index is 2.71. The lowest BCUT2D eigenvalue weighted by Crippen LogP contribution is -2.24. The van der Waals surface area contributed by atoms with E-state index in [1.807, 2.05) is 42.5 Å². The van der Waals surface area contributed by atoms with Crippen molar-refractivity contribution in [3.05, 3.63) is 53.1 Å². The Labute approximate surface area is 86.3 Å². The molecule has 1 aliphatic rings. The van der Waals surface area contributed by atoms with Gasteiger partial charge in [0.25, 0.3) is 0 Å². The lowest BCUT2D eigenvalue weighted by molar-refractivity contribution is 0.572. The molecule has 0 spiro atoms. The molecule has 1 aromatic carbocycles. The second kappa shape index (κ2) is 2.91. The molecule has 1 aromatic heterocycles. The summed E-state index contributed by atoms with van der Waals surface area (Å²) in [4.78, 5) is 0. The third-order valence-electron chi connectivity index (χ3n) is 2.46. The van der Waals surface area contributed by atoms with Crippen LogP contribution in [0.3, 0.4) is 0 Å². The van der Waals surface area contributed by atoms with E-state index in [0.29, 0.717) is 11.1 Å². The molecule has 2 aromatic rings. The number of nitrogens with two attached hydrogens (primary N) is 1. The van der Waals surface area contributed by atoms with Crippen LogP contribution in [0.25, 0.3) is 22.4 Å². The van der Waals surface area contributed by atoms with Crippen molar-refractivity contribution in [2.75, 3.05) is 0 Å². The summed E-state index contributed by atoms with van der Waals surface area (Å²) in [6, 6.07) is 7.87. The smallest absolute Gasteiger partial charge is 0.166 e. The van der Waals surface area contributed by atoms with Crippen LogP contribution in [0.1, 0.15) is 0 Å². The van der Waals surface area contributed by atoms with Crippen LogP contribution < -0.4 is 16.4 Å². The van der Waals surface area contributed by atoms with Gasteiger partial charge in [-0.1, -0.05) is 18.2 Å². The maximum Gasteiger partial charge on any atom is 0.166 e. The highest BCUT2D eigenvalue weighted by Crippen LogP contribution is 2.07. The summed E-state index contributed by atoms with van der Waals surface area (Å²) in [5.41, 5.74) is 11.3. The quantitative estimate of drug-likeness (QED) is 0.681. The van der Waals surface area contributed by atoms with E-state index in [1.54, 1.807) is 0 Å². The molecule has 15 heavy (non-hydrogen) atoms. The molecule has 0 bridgehead atoms. The van der Waals surface area contributed by atoms with Gasteiger partial charge in [-0.25, -0.2) is 0 Å². The second-order valence-corrected chi connectivity index (χ2v) is 3.43. The van der Waals surface area contributed by atoms with Gasteiger partial charge in [-0.05, 0) is 24.3 Å². The molecule has 0 atom stereocenters. The van der Waals surface area contributed by atoms with Crippen LogP contribution in [0.15, 0.2) is 46.9 Å². The highest BCUT2D eigenvalue weighted by atomic mass is 16.3. The van der Waals surface area contributed by atoms with Crippen molar-refractivity contribution in [1.82, 2.24) is 0 Å². The van der Waals surface area contributed by atoms with E-state index in [9.17, 15) is 0 Å². The first-order valence-electron chi connectivity index (χ1n) is 4.77.